The number of nitrogens with zero attached hydrogens (tertiary/aromatic N) is 3. The van der Waals surface area contributed by atoms with Crippen LogP contribution in [0.5, 0.6) is 5.75 Å². The summed E-state index contributed by atoms with van der Waals surface area (Å²) in [5.41, 5.74) is 2.21. The van der Waals surface area contributed by atoms with E-state index < -0.39 is 0 Å². The first-order chi connectivity index (χ1) is 20.5. The zero-order chi connectivity index (χ0) is 28.9. The first-order valence-electron chi connectivity index (χ1n) is 15.5. The average molecular weight is 596 g/mol. The number of ether oxygens (including phenoxy) is 3. The number of hydrogen-bond donors (Lipinski definition) is 0. The maximum atomic E-state index is 13.6. The standard InChI is InChI=1S/C33H42ClN3O5/c34-29-9-8-26(22-30(29)35-16-19-40-20-17-35)31(38)36-14-11-33(12-15-36)10-1-2-18-41-23-27-6-4-13-37(27)32(39)25-5-3-7-28(21-25)42-24-33/h3,5,7-9,21-22,27H,1-2,4,6,10-20,23-24H2/t27-/m0/s1. The molecule has 0 aliphatic carbocycles. The molecule has 1 spiro atoms. The maximum Gasteiger partial charge on any atom is 0.254 e. The van der Waals surface area contributed by atoms with Crippen molar-refractivity contribution >= 4 is 29.1 Å². The molecule has 2 amide bonds. The lowest BCUT2D eigenvalue weighted by Gasteiger charge is -2.42. The van der Waals surface area contributed by atoms with Gasteiger partial charge in [-0.05, 0) is 74.9 Å². The molecular formula is C33H42ClN3O5. The number of halogens is 1. The number of hydrogen-bond acceptors (Lipinski definition) is 6. The summed E-state index contributed by atoms with van der Waals surface area (Å²) in [5.74, 6) is 0.841. The Bertz CT molecular complexity index is 1260. The van der Waals surface area contributed by atoms with Gasteiger partial charge in [-0.1, -0.05) is 24.1 Å². The van der Waals surface area contributed by atoms with Crippen molar-refractivity contribution in [2.24, 2.45) is 5.41 Å². The van der Waals surface area contributed by atoms with E-state index in [0.717, 1.165) is 76.0 Å². The molecule has 4 aliphatic rings. The molecule has 0 unspecified atom stereocenters. The fourth-order valence-corrected chi connectivity index (χ4v) is 7.08. The van der Waals surface area contributed by atoms with E-state index in [4.69, 9.17) is 25.8 Å². The predicted molar refractivity (Wildman–Crippen MR) is 163 cm³/mol. The second-order valence-corrected chi connectivity index (χ2v) is 12.6. The first kappa shape index (κ1) is 29.3. The maximum absolute atomic E-state index is 13.6. The molecule has 2 aromatic rings. The quantitative estimate of drug-likeness (QED) is 0.470. The normalized spacial score (nSPS) is 23.6. The fourth-order valence-electron chi connectivity index (χ4n) is 6.85. The van der Waals surface area contributed by atoms with Gasteiger partial charge in [0.15, 0.2) is 0 Å². The number of carbonyl (C=O) groups excluding carboxylic acids is 2. The highest BCUT2D eigenvalue weighted by atomic mass is 35.5. The van der Waals surface area contributed by atoms with Crippen LogP contribution in [-0.2, 0) is 9.47 Å². The van der Waals surface area contributed by atoms with E-state index in [1.54, 1.807) is 0 Å². The zero-order valence-electron chi connectivity index (χ0n) is 24.4. The molecule has 0 N–H and O–H groups in total. The van der Waals surface area contributed by atoms with Gasteiger partial charge in [0.2, 0.25) is 0 Å². The Labute approximate surface area is 253 Å². The second kappa shape index (κ2) is 13.2. The van der Waals surface area contributed by atoms with Crippen LogP contribution >= 0.6 is 11.6 Å². The minimum atomic E-state index is -0.0318. The summed E-state index contributed by atoms with van der Waals surface area (Å²) in [4.78, 5) is 33.1. The van der Waals surface area contributed by atoms with Crippen molar-refractivity contribution in [3.8, 4) is 5.75 Å². The van der Waals surface area contributed by atoms with Crippen LogP contribution in [-0.4, -0.2) is 93.4 Å². The molecular weight excluding hydrogens is 554 g/mol. The molecule has 1 atom stereocenters. The number of carbonyl (C=O) groups is 2. The number of benzene rings is 2. The zero-order valence-corrected chi connectivity index (χ0v) is 25.2. The summed E-state index contributed by atoms with van der Waals surface area (Å²) in [5, 5.41) is 0.661. The summed E-state index contributed by atoms with van der Waals surface area (Å²) >= 11 is 6.53. The number of fused-ring (bicyclic) bond motifs is 3. The number of likely N-dealkylation sites (tertiary alicyclic amines) is 1. The number of rotatable bonds is 2. The smallest absolute Gasteiger partial charge is 0.254 e. The van der Waals surface area contributed by atoms with Gasteiger partial charge in [-0.3, -0.25) is 9.59 Å². The molecule has 4 heterocycles. The van der Waals surface area contributed by atoms with Gasteiger partial charge in [0, 0.05) is 55.9 Å². The summed E-state index contributed by atoms with van der Waals surface area (Å²) < 4.78 is 18.0. The Balaban J connectivity index is 1.14. The third kappa shape index (κ3) is 6.56. The fraction of sp³-hybridized carbons (Fsp3) is 0.576. The summed E-state index contributed by atoms with van der Waals surface area (Å²) in [6.07, 6.45) is 6.80. The summed E-state index contributed by atoms with van der Waals surface area (Å²) in [6.45, 7) is 6.88. The molecule has 8 nitrogen and oxygen atoms in total. The molecule has 0 aromatic heterocycles. The van der Waals surface area contributed by atoms with Crippen LogP contribution in [0.25, 0.3) is 0 Å². The molecule has 0 saturated carbocycles. The SMILES string of the molecule is O=C(c1ccc(Cl)c(N2CCOCC2)c1)N1CCC2(CCCCOC[C@@H]3CCCN3C(=O)c3cccc(c3)OC2)CC1. The monoisotopic (exact) mass is 595 g/mol. The van der Waals surface area contributed by atoms with Gasteiger partial charge in [-0.15, -0.1) is 0 Å². The van der Waals surface area contributed by atoms with Crippen molar-refractivity contribution in [1.82, 2.24) is 9.80 Å². The lowest BCUT2D eigenvalue weighted by atomic mass is 9.75. The highest BCUT2D eigenvalue weighted by Crippen LogP contribution is 2.38. The molecule has 3 fully saturated rings. The van der Waals surface area contributed by atoms with Gasteiger partial charge in [0.25, 0.3) is 11.8 Å². The minimum Gasteiger partial charge on any atom is -0.493 e. The Morgan fingerprint density at radius 3 is 2.55 bits per heavy atom. The van der Waals surface area contributed by atoms with E-state index in [0.29, 0.717) is 62.3 Å². The van der Waals surface area contributed by atoms with Crippen LogP contribution in [0.4, 0.5) is 5.69 Å². The highest BCUT2D eigenvalue weighted by molar-refractivity contribution is 6.33. The van der Waals surface area contributed by atoms with E-state index >= 15 is 0 Å². The molecule has 2 aromatic carbocycles. The minimum absolute atomic E-state index is 0.0318. The Morgan fingerprint density at radius 2 is 1.71 bits per heavy atom. The number of anilines is 1. The molecule has 4 aliphatic heterocycles. The van der Waals surface area contributed by atoms with E-state index in [1.165, 1.54) is 0 Å². The Hall–Kier alpha value is -2.81. The van der Waals surface area contributed by atoms with Crippen molar-refractivity contribution in [3.05, 3.63) is 58.6 Å². The van der Waals surface area contributed by atoms with E-state index in [1.807, 2.05) is 52.3 Å². The van der Waals surface area contributed by atoms with Gasteiger partial charge in [0.05, 0.1) is 43.2 Å². The van der Waals surface area contributed by atoms with Gasteiger partial charge < -0.3 is 28.9 Å². The number of morpholine rings is 1. The van der Waals surface area contributed by atoms with Crippen LogP contribution in [0.2, 0.25) is 5.02 Å². The number of amides is 2. The van der Waals surface area contributed by atoms with Crippen molar-refractivity contribution in [2.45, 2.75) is 51.0 Å². The van der Waals surface area contributed by atoms with Crippen LogP contribution in [0.1, 0.15) is 65.7 Å². The number of piperidine rings is 1. The van der Waals surface area contributed by atoms with Crippen LogP contribution in [0.15, 0.2) is 42.5 Å². The largest absolute Gasteiger partial charge is 0.493 e. The highest BCUT2D eigenvalue weighted by Gasteiger charge is 2.37. The molecule has 3 saturated heterocycles. The van der Waals surface area contributed by atoms with Crippen LogP contribution in [0.3, 0.4) is 0 Å². The first-order valence-corrected chi connectivity index (χ1v) is 15.9. The van der Waals surface area contributed by atoms with Crippen LogP contribution < -0.4 is 9.64 Å². The lowest BCUT2D eigenvalue weighted by Crippen LogP contribution is -2.45. The van der Waals surface area contributed by atoms with Gasteiger partial charge in [-0.25, -0.2) is 0 Å². The molecule has 42 heavy (non-hydrogen) atoms. The molecule has 2 bridgehead atoms. The summed E-state index contributed by atoms with van der Waals surface area (Å²) in [6, 6.07) is 13.4. The van der Waals surface area contributed by atoms with Crippen molar-refractivity contribution in [1.29, 1.82) is 0 Å². The predicted octanol–water partition coefficient (Wildman–Crippen LogP) is 5.28. The van der Waals surface area contributed by atoms with E-state index in [2.05, 4.69) is 4.90 Å². The van der Waals surface area contributed by atoms with Gasteiger partial charge >= 0.3 is 0 Å². The van der Waals surface area contributed by atoms with Gasteiger partial charge in [0.1, 0.15) is 5.75 Å². The van der Waals surface area contributed by atoms with E-state index in [-0.39, 0.29) is 23.3 Å². The molecule has 0 radical (unpaired) electrons. The van der Waals surface area contributed by atoms with Crippen molar-refractivity contribution < 1.29 is 23.8 Å². The van der Waals surface area contributed by atoms with Crippen LogP contribution in [0, 0.1) is 5.41 Å². The average Bonchev–Trinajstić information content (AvgIpc) is 3.50. The van der Waals surface area contributed by atoms with E-state index in [9.17, 15) is 9.59 Å². The van der Waals surface area contributed by atoms with Crippen molar-refractivity contribution in [2.75, 3.05) is 70.7 Å². The molecule has 226 valence electrons. The second-order valence-electron chi connectivity index (χ2n) is 12.2. The van der Waals surface area contributed by atoms with Gasteiger partial charge in [-0.2, -0.15) is 0 Å². The van der Waals surface area contributed by atoms with Crippen molar-refractivity contribution in [3.63, 3.8) is 0 Å². The Kier molecular flexibility index (Phi) is 9.22. The third-order valence-electron chi connectivity index (χ3n) is 9.48. The Morgan fingerprint density at radius 1 is 0.881 bits per heavy atom. The lowest BCUT2D eigenvalue weighted by molar-refractivity contribution is 0.0332. The molecule has 6 rings (SSSR count). The molecule has 9 heteroatoms. The topological polar surface area (TPSA) is 71.6 Å². The third-order valence-corrected chi connectivity index (χ3v) is 9.80. The summed E-state index contributed by atoms with van der Waals surface area (Å²) in [7, 11) is 0.